The number of hydrogen-bond acceptors (Lipinski definition) is 3. The van der Waals surface area contributed by atoms with Gasteiger partial charge in [-0.3, -0.25) is 9.59 Å². The number of pyridine rings is 1. The van der Waals surface area contributed by atoms with Crippen molar-refractivity contribution in [2.45, 2.75) is 25.8 Å². The minimum absolute atomic E-state index is 0.0451. The highest BCUT2D eigenvalue weighted by Gasteiger charge is 2.23. The first-order valence-electron chi connectivity index (χ1n) is 7.93. The summed E-state index contributed by atoms with van der Waals surface area (Å²) in [6.07, 6.45) is 6.94. The van der Waals surface area contributed by atoms with Gasteiger partial charge in [-0.2, -0.15) is 0 Å². The van der Waals surface area contributed by atoms with Gasteiger partial charge in [0.05, 0.1) is 0 Å². The van der Waals surface area contributed by atoms with E-state index in [0.717, 1.165) is 24.0 Å². The molecule has 122 valence electrons. The van der Waals surface area contributed by atoms with Crippen molar-refractivity contribution in [2.24, 2.45) is 0 Å². The molecule has 1 fully saturated rings. The second-order valence-corrected chi connectivity index (χ2v) is 5.91. The Kier molecular flexibility index (Phi) is 4.70. The van der Waals surface area contributed by atoms with Crippen LogP contribution >= 0.6 is 0 Å². The lowest BCUT2D eigenvalue weighted by Gasteiger charge is -2.03. The van der Waals surface area contributed by atoms with Crippen molar-refractivity contribution in [3.8, 4) is 0 Å². The Labute approximate surface area is 140 Å². The number of aromatic nitrogens is 1. The summed E-state index contributed by atoms with van der Waals surface area (Å²) in [6.45, 7) is 1.94. The Bertz CT molecular complexity index is 777. The summed E-state index contributed by atoms with van der Waals surface area (Å²) in [5, 5.41) is 5.65. The van der Waals surface area contributed by atoms with Crippen LogP contribution in [0.5, 0.6) is 0 Å². The highest BCUT2D eigenvalue weighted by molar-refractivity contribution is 6.01. The Morgan fingerprint density at radius 3 is 2.58 bits per heavy atom. The standard InChI is InChI=1S/C19H19N3O2/c1-13-10-11-20-17(12-13)22-18(23)9-4-14-2-5-15(6-3-14)19(24)21-16-7-8-16/h2-6,9-12,16H,7-8H2,1H3,(H,21,24)(H,20,22,23)/b9-4+. The monoisotopic (exact) mass is 321 g/mol. The minimum atomic E-state index is -0.247. The second-order valence-electron chi connectivity index (χ2n) is 5.91. The van der Waals surface area contributed by atoms with E-state index in [1.165, 1.54) is 6.08 Å². The molecule has 24 heavy (non-hydrogen) atoms. The number of carbonyl (C=O) groups is 2. The van der Waals surface area contributed by atoms with E-state index in [1.54, 1.807) is 30.5 Å². The highest BCUT2D eigenvalue weighted by Crippen LogP contribution is 2.19. The average Bonchev–Trinajstić information content (AvgIpc) is 3.37. The van der Waals surface area contributed by atoms with Crippen molar-refractivity contribution in [3.05, 3.63) is 65.4 Å². The third-order valence-corrected chi connectivity index (χ3v) is 3.68. The first-order chi connectivity index (χ1) is 11.6. The molecular formula is C19H19N3O2. The summed E-state index contributed by atoms with van der Waals surface area (Å²) in [6, 6.07) is 11.2. The van der Waals surface area contributed by atoms with Gasteiger partial charge in [0.25, 0.3) is 5.91 Å². The maximum absolute atomic E-state index is 11.9. The van der Waals surface area contributed by atoms with Gasteiger partial charge in [-0.1, -0.05) is 12.1 Å². The van der Waals surface area contributed by atoms with Crippen LogP contribution in [0.2, 0.25) is 0 Å². The zero-order chi connectivity index (χ0) is 16.9. The quantitative estimate of drug-likeness (QED) is 0.832. The molecule has 0 aliphatic heterocycles. The molecular weight excluding hydrogens is 302 g/mol. The highest BCUT2D eigenvalue weighted by atomic mass is 16.2. The molecule has 1 saturated carbocycles. The van der Waals surface area contributed by atoms with Crippen molar-refractivity contribution in [1.82, 2.24) is 10.3 Å². The van der Waals surface area contributed by atoms with Crippen molar-refractivity contribution in [2.75, 3.05) is 5.32 Å². The topological polar surface area (TPSA) is 71.1 Å². The fourth-order valence-corrected chi connectivity index (χ4v) is 2.19. The van der Waals surface area contributed by atoms with E-state index in [2.05, 4.69) is 15.6 Å². The smallest absolute Gasteiger partial charge is 0.251 e. The number of aryl methyl sites for hydroxylation is 1. The zero-order valence-electron chi connectivity index (χ0n) is 13.5. The Hall–Kier alpha value is -2.95. The normalized spacial score (nSPS) is 13.7. The van der Waals surface area contributed by atoms with E-state index in [0.29, 0.717) is 17.4 Å². The molecule has 5 heteroatoms. The van der Waals surface area contributed by atoms with E-state index < -0.39 is 0 Å². The number of rotatable bonds is 5. The lowest BCUT2D eigenvalue weighted by molar-refractivity contribution is -0.111. The van der Waals surface area contributed by atoms with Gasteiger partial charge >= 0.3 is 0 Å². The van der Waals surface area contributed by atoms with Crippen LogP contribution in [0.15, 0.2) is 48.7 Å². The van der Waals surface area contributed by atoms with Crippen LogP contribution in [0.3, 0.4) is 0 Å². The van der Waals surface area contributed by atoms with Crippen LogP contribution in [0.25, 0.3) is 6.08 Å². The van der Waals surface area contributed by atoms with Gasteiger partial charge in [0, 0.05) is 23.9 Å². The molecule has 0 radical (unpaired) electrons. The lowest BCUT2D eigenvalue weighted by atomic mass is 10.1. The predicted molar refractivity (Wildman–Crippen MR) is 93.6 cm³/mol. The summed E-state index contributed by atoms with van der Waals surface area (Å²) in [5.41, 5.74) is 2.52. The summed E-state index contributed by atoms with van der Waals surface area (Å²) < 4.78 is 0. The van der Waals surface area contributed by atoms with E-state index in [1.807, 2.05) is 25.1 Å². The van der Waals surface area contributed by atoms with E-state index in [-0.39, 0.29) is 11.8 Å². The van der Waals surface area contributed by atoms with Crippen molar-refractivity contribution in [3.63, 3.8) is 0 Å². The Morgan fingerprint density at radius 1 is 1.17 bits per heavy atom. The van der Waals surface area contributed by atoms with Crippen molar-refractivity contribution < 1.29 is 9.59 Å². The van der Waals surface area contributed by atoms with Crippen LogP contribution in [-0.2, 0) is 4.79 Å². The summed E-state index contributed by atoms with van der Waals surface area (Å²) >= 11 is 0. The molecule has 1 aromatic heterocycles. The molecule has 2 aromatic rings. The predicted octanol–water partition coefficient (Wildman–Crippen LogP) is 2.93. The minimum Gasteiger partial charge on any atom is -0.349 e. The third-order valence-electron chi connectivity index (χ3n) is 3.68. The maximum atomic E-state index is 11.9. The average molecular weight is 321 g/mol. The number of nitrogens with zero attached hydrogens (tertiary/aromatic N) is 1. The second kappa shape index (κ2) is 7.08. The van der Waals surface area contributed by atoms with Gasteiger partial charge in [-0.25, -0.2) is 4.98 Å². The largest absolute Gasteiger partial charge is 0.349 e. The molecule has 2 N–H and O–H groups in total. The number of carbonyl (C=O) groups excluding carboxylic acids is 2. The molecule has 3 rings (SSSR count). The van der Waals surface area contributed by atoms with E-state index in [9.17, 15) is 9.59 Å². The van der Waals surface area contributed by atoms with E-state index >= 15 is 0 Å². The van der Waals surface area contributed by atoms with Crippen molar-refractivity contribution >= 4 is 23.7 Å². The molecule has 1 aliphatic rings. The molecule has 0 saturated heterocycles. The van der Waals surface area contributed by atoms with Gasteiger partial charge < -0.3 is 10.6 Å². The van der Waals surface area contributed by atoms with Crippen LogP contribution in [0.4, 0.5) is 5.82 Å². The van der Waals surface area contributed by atoms with Crippen LogP contribution in [0.1, 0.15) is 34.3 Å². The Balaban J connectivity index is 1.57. The number of anilines is 1. The van der Waals surface area contributed by atoms with Crippen LogP contribution in [0, 0.1) is 6.92 Å². The van der Waals surface area contributed by atoms with Gasteiger partial charge in [-0.15, -0.1) is 0 Å². The number of nitrogens with one attached hydrogen (secondary N) is 2. The number of hydrogen-bond donors (Lipinski definition) is 2. The fraction of sp³-hybridized carbons (Fsp3) is 0.211. The molecule has 1 aromatic carbocycles. The van der Waals surface area contributed by atoms with E-state index in [4.69, 9.17) is 0 Å². The molecule has 0 unspecified atom stereocenters. The fourth-order valence-electron chi connectivity index (χ4n) is 2.19. The van der Waals surface area contributed by atoms with Crippen LogP contribution < -0.4 is 10.6 Å². The summed E-state index contributed by atoms with van der Waals surface area (Å²) in [4.78, 5) is 27.9. The molecule has 0 atom stereocenters. The molecule has 0 bridgehead atoms. The number of amides is 2. The number of benzene rings is 1. The first kappa shape index (κ1) is 15.9. The Morgan fingerprint density at radius 2 is 1.92 bits per heavy atom. The molecule has 1 aliphatic carbocycles. The van der Waals surface area contributed by atoms with Gasteiger partial charge in [0.2, 0.25) is 5.91 Å². The lowest BCUT2D eigenvalue weighted by Crippen LogP contribution is -2.25. The summed E-state index contributed by atoms with van der Waals surface area (Å²) in [7, 11) is 0. The van der Waals surface area contributed by atoms with Gasteiger partial charge in [0.15, 0.2) is 0 Å². The SMILES string of the molecule is Cc1ccnc(NC(=O)/C=C/c2ccc(C(=O)NC3CC3)cc2)c1. The van der Waals surface area contributed by atoms with Crippen LogP contribution in [-0.4, -0.2) is 22.8 Å². The molecule has 0 spiro atoms. The van der Waals surface area contributed by atoms with Crippen molar-refractivity contribution in [1.29, 1.82) is 0 Å². The van der Waals surface area contributed by atoms with Gasteiger partial charge in [-0.05, 0) is 61.2 Å². The molecule has 1 heterocycles. The first-order valence-corrected chi connectivity index (χ1v) is 7.93. The van der Waals surface area contributed by atoms with Gasteiger partial charge in [0.1, 0.15) is 5.82 Å². The zero-order valence-corrected chi connectivity index (χ0v) is 13.5. The maximum Gasteiger partial charge on any atom is 0.251 e. The third kappa shape index (κ3) is 4.52. The summed E-state index contributed by atoms with van der Waals surface area (Å²) in [5.74, 6) is 0.233. The molecule has 5 nitrogen and oxygen atoms in total. The molecule has 2 amide bonds.